The molecule has 4 rings (SSSR count). The van der Waals surface area contributed by atoms with Crippen LogP contribution < -0.4 is 5.32 Å². The maximum Gasteiger partial charge on any atom is 0.277 e. The van der Waals surface area contributed by atoms with Crippen LogP contribution in [0.1, 0.15) is 12.7 Å². The molecular weight excluding hydrogens is 396 g/mol. The van der Waals surface area contributed by atoms with Gasteiger partial charge in [-0.05, 0) is 19.9 Å². The number of carbonyl (C=O) groups is 1. The fourth-order valence-electron chi connectivity index (χ4n) is 2.46. The van der Waals surface area contributed by atoms with Crippen LogP contribution in [0.15, 0.2) is 62.1 Å². The Bertz CT molecular complexity index is 1090. The van der Waals surface area contributed by atoms with E-state index < -0.39 is 5.25 Å². The molecule has 0 aliphatic rings. The summed E-state index contributed by atoms with van der Waals surface area (Å²) in [5.41, 5.74) is 2.58. The Labute approximate surface area is 169 Å². The average molecular weight is 412 g/mol. The van der Waals surface area contributed by atoms with Gasteiger partial charge in [0.1, 0.15) is 5.76 Å². The van der Waals surface area contributed by atoms with Gasteiger partial charge in [-0.25, -0.2) is 4.98 Å². The van der Waals surface area contributed by atoms with Crippen LogP contribution in [0.2, 0.25) is 0 Å². The van der Waals surface area contributed by atoms with Gasteiger partial charge in [0.05, 0.1) is 22.8 Å². The topological polar surface area (TPSA) is 94.0 Å². The smallest absolute Gasteiger partial charge is 0.277 e. The Hall–Kier alpha value is -2.91. The SMILES string of the molecule is Cc1occc1-c1nnc(SC(C)C(=O)Nc2nc(-c3ccccc3)cs2)o1. The second kappa shape index (κ2) is 7.99. The zero-order valence-electron chi connectivity index (χ0n) is 15.1. The summed E-state index contributed by atoms with van der Waals surface area (Å²) in [7, 11) is 0. The molecule has 0 bridgehead atoms. The molecule has 7 nitrogen and oxygen atoms in total. The van der Waals surface area contributed by atoms with Crippen molar-refractivity contribution in [2.45, 2.75) is 24.3 Å². The summed E-state index contributed by atoms with van der Waals surface area (Å²) < 4.78 is 10.9. The first-order chi connectivity index (χ1) is 13.6. The summed E-state index contributed by atoms with van der Waals surface area (Å²) in [5, 5.41) is 13.2. The normalized spacial score (nSPS) is 12.1. The van der Waals surface area contributed by atoms with Crippen LogP contribution in [-0.2, 0) is 4.79 Å². The lowest BCUT2D eigenvalue weighted by molar-refractivity contribution is -0.115. The van der Waals surface area contributed by atoms with Crippen LogP contribution in [0, 0.1) is 6.92 Å². The average Bonchev–Trinajstić information content (AvgIpc) is 3.43. The highest BCUT2D eigenvalue weighted by atomic mass is 32.2. The van der Waals surface area contributed by atoms with Crippen molar-refractivity contribution in [1.82, 2.24) is 15.2 Å². The number of nitrogens with one attached hydrogen (secondary N) is 1. The Morgan fingerprint density at radius 2 is 2.04 bits per heavy atom. The van der Waals surface area contributed by atoms with Gasteiger partial charge in [0, 0.05) is 10.9 Å². The number of aromatic nitrogens is 3. The molecule has 3 heterocycles. The van der Waals surface area contributed by atoms with Crippen LogP contribution in [0.5, 0.6) is 0 Å². The number of carbonyl (C=O) groups excluding carboxylic acids is 1. The van der Waals surface area contributed by atoms with Crippen LogP contribution in [0.25, 0.3) is 22.7 Å². The molecule has 0 saturated carbocycles. The predicted molar refractivity (Wildman–Crippen MR) is 108 cm³/mol. The minimum absolute atomic E-state index is 0.182. The molecule has 0 radical (unpaired) electrons. The van der Waals surface area contributed by atoms with Crippen molar-refractivity contribution in [3.63, 3.8) is 0 Å². The quantitative estimate of drug-likeness (QED) is 0.451. The third-order valence-corrected chi connectivity index (χ3v) is 5.64. The van der Waals surface area contributed by atoms with Crippen molar-refractivity contribution in [1.29, 1.82) is 0 Å². The molecule has 1 N–H and O–H groups in total. The van der Waals surface area contributed by atoms with Crippen molar-refractivity contribution in [2.24, 2.45) is 0 Å². The fraction of sp³-hybridized carbons (Fsp3) is 0.158. The summed E-state index contributed by atoms with van der Waals surface area (Å²) in [6.45, 7) is 3.60. The molecule has 0 fully saturated rings. The molecule has 1 amide bonds. The summed E-state index contributed by atoms with van der Waals surface area (Å²) >= 11 is 2.58. The van der Waals surface area contributed by atoms with Crippen molar-refractivity contribution >= 4 is 34.1 Å². The van der Waals surface area contributed by atoms with Gasteiger partial charge in [-0.2, -0.15) is 0 Å². The maximum absolute atomic E-state index is 12.5. The van der Waals surface area contributed by atoms with Gasteiger partial charge in [0.2, 0.25) is 5.91 Å². The number of amides is 1. The lowest BCUT2D eigenvalue weighted by Gasteiger charge is -2.07. The summed E-state index contributed by atoms with van der Waals surface area (Å²) in [5.74, 6) is 0.885. The Morgan fingerprint density at radius 1 is 1.21 bits per heavy atom. The highest BCUT2D eigenvalue weighted by Gasteiger charge is 2.21. The van der Waals surface area contributed by atoms with Crippen molar-refractivity contribution < 1.29 is 13.6 Å². The highest BCUT2D eigenvalue weighted by molar-refractivity contribution is 8.00. The third kappa shape index (κ3) is 4.00. The molecule has 28 heavy (non-hydrogen) atoms. The van der Waals surface area contributed by atoms with E-state index in [1.807, 2.05) is 42.6 Å². The number of hydrogen-bond donors (Lipinski definition) is 1. The summed E-state index contributed by atoms with van der Waals surface area (Å²) in [6, 6.07) is 11.6. The van der Waals surface area contributed by atoms with E-state index in [0.717, 1.165) is 16.8 Å². The fourth-order valence-corrected chi connectivity index (χ4v) is 3.86. The first-order valence-electron chi connectivity index (χ1n) is 8.46. The molecule has 3 aromatic heterocycles. The van der Waals surface area contributed by atoms with Crippen LogP contribution in [-0.4, -0.2) is 26.3 Å². The highest BCUT2D eigenvalue weighted by Crippen LogP contribution is 2.29. The molecular formula is C19H16N4O3S2. The van der Waals surface area contributed by atoms with Gasteiger partial charge < -0.3 is 14.2 Å². The number of thioether (sulfide) groups is 1. The second-order valence-corrected chi connectivity index (χ2v) is 8.07. The molecule has 1 atom stereocenters. The van der Waals surface area contributed by atoms with E-state index in [1.54, 1.807) is 19.3 Å². The molecule has 1 aromatic carbocycles. The van der Waals surface area contributed by atoms with E-state index in [0.29, 0.717) is 22.0 Å². The van der Waals surface area contributed by atoms with E-state index in [2.05, 4.69) is 20.5 Å². The monoisotopic (exact) mass is 412 g/mol. The van der Waals surface area contributed by atoms with E-state index in [9.17, 15) is 4.79 Å². The van der Waals surface area contributed by atoms with E-state index in [4.69, 9.17) is 8.83 Å². The van der Waals surface area contributed by atoms with Crippen molar-refractivity contribution in [2.75, 3.05) is 5.32 Å². The predicted octanol–water partition coefficient (Wildman–Crippen LogP) is 4.88. The molecule has 0 aliphatic carbocycles. The first kappa shape index (κ1) is 18.5. The van der Waals surface area contributed by atoms with Gasteiger partial charge in [-0.1, -0.05) is 42.1 Å². The minimum Gasteiger partial charge on any atom is -0.469 e. The number of furan rings is 1. The molecule has 4 aromatic rings. The maximum atomic E-state index is 12.5. The number of aryl methyl sites for hydroxylation is 1. The molecule has 9 heteroatoms. The van der Waals surface area contributed by atoms with Crippen LogP contribution in [0.4, 0.5) is 5.13 Å². The van der Waals surface area contributed by atoms with Gasteiger partial charge in [0.15, 0.2) is 5.13 Å². The lowest BCUT2D eigenvalue weighted by atomic mass is 10.2. The number of nitrogens with zero attached hydrogens (tertiary/aromatic N) is 3. The molecule has 0 saturated heterocycles. The summed E-state index contributed by atoms with van der Waals surface area (Å²) in [6.07, 6.45) is 1.56. The van der Waals surface area contributed by atoms with Gasteiger partial charge in [-0.15, -0.1) is 21.5 Å². The number of benzene rings is 1. The zero-order chi connectivity index (χ0) is 19.5. The minimum atomic E-state index is -0.428. The van der Waals surface area contributed by atoms with Crippen LogP contribution >= 0.6 is 23.1 Å². The Balaban J connectivity index is 1.39. The Morgan fingerprint density at radius 3 is 2.79 bits per heavy atom. The molecule has 0 spiro atoms. The van der Waals surface area contributed by atoms with Crippen molar-refractivity contribution in [3.05, 3.63) is 53.8 Å². The zero-order valence-corrected chi connectivity index (χ0v) is 16.7. The van der Waals surface area contributed by atoms with Crippen molar-refractivity contribution in [3.8, 4) is 22.7 Å². The first-order valence-corrected chi connectivity index (χ1v) is 10.2. The number of anilines is 1. The molecule has 1 unspecified atom stereocenters. The molecule has 0 aliphatic heterocycles. The largest absolute Gasteiger partial charge is 0.469 e. The lowest BCUT2D eigenvalue weighted by Crippen LogP contribution is -2.22. The van der Waals surface area contributed by atoms with Crippen LogP contribution in [0.3, 0.4) is 0 Å². The van der Waals surface area contributed by atoms with E-state index in [-0.39, 0.29) is 5.91 Å². The summed E-state index contributed by atoms with van der Waals surface area (Å²) in [4.78, 5) is 17.0. The Kier molecular flexibility index (Phi) is 5.27. The van der Waals surface area contributed by atoms with Gasteiger partial charge in [-0.3, -0.25) is 4.79 Å². The van der Waals surface area contributed by atoms with Gasteiger partial charge in [0.25, 0.3) is 11.1 Å². The number of rotatable bonds is 6. The number of hydrogen-bond acceptors (Lipinski definition) is 8. The van der Waals surface area contributed by atoms with E-state index in [1.165, 1.54) is 23.1 Å². The van der Waals surface area contributed by atoms with Gasteiger partial charge >= 0.3 is 0 Å². The third-order valence-electron chi connectivity index (χ3n) is 3.95. The van der Waals surface area contributed by atoms with E-state index >= 15 is 0 Å². The molecule has 142 valence electrons. The number of thiazole rings is 1. The standard InChI is InChI=1S/C19H16N4O3S2/c1-11-14(8-9-25-11)17-22-23-19(26-17)28-12(2)16(24)21-18-20-15(10-27-18)13-6-4-3-5-7-13/h3-10,12H,1-2H3,(H,20,21,24). The second-order valence-electron chi connectivity index (χ2n) is 5.92.